The molecule has 0 unspecified atom stereocenters. The van der Waals surface area contributed by atoms with Gasteiger partial charge >= 0.3 is 5.97 Å². The number of carbonyl (C=O) groups is 1. The van der Waals surface area contributed by atoms with Gasteiger partial charge in [-0.05, 0) is 0 Å². The molecule has 104 valence electrons. The minimum Gasteiger partial charge on any atom is -0.486 e. The summed E-state index contributed by atoms with van der Waals surface area (Å²) >= 11 is 0. The monoisotopic (exact) mass is 275 g/mol. The number of rotatable bonds is 3. The van der Waals surface area contributed by atoms with Crippen molar-refractivity contribution in [2.24, 2.45) is 0 Å². The Labute approximate surface area is 107 Å². The van der Waals surface area contributed by atoms with Gasteiger partial charge in [-0.3, -0.25) is 4.79 Å². The van der Waals surface area contributed by atoms with Crippen LogP contribution < -0.4 is 10.1 Å². The van der Waals surface area contributed by atoms with Gasteiger partial charge in [0.15, 0.2) is 23.2 Å². The largest absolute Gasteiger partial charge is 0.486 e. The minimum absolute atomic E-state index is 0.269. The van der Waals surface area contributed by atoms with Gasteiger partial charge in [-0.1, -0.05) is 0 Å². The molecule has 0 aromatic heterocycles. The molecule has 1 saturated heterocycles. The standard InChI is InChI=1S/C12H12F3NO3/c1-18-12(17)10-2-6(5-16-10)19-11-4-8(14)7(13)3-9(11)15/h3-4,6,10,16H,2,5H2,1H3/t6-,10+/m1/s1. The van der Waals surface area contributed by atoms with E-state index >= 15 is 0 Å². The molecule has 1 aliphatic heterocycles. The first kappa shape index (κ1) is 13.7. The third-order valence-electron chi connectivity index (χ3n) is 2.84. The average molecular weight is 275 g/mol. The predicted octanol–water partition coefficient (Wildman–Crippen LogP) is 1.39. The van der Waals surface area contributed by atoms with Gasteiger partial charge in [0, 0.05) is 25.1 Å². The molecular formula is C12H12F3NO3. The Bertz CT molecular complexity index is 495. The van der Waals surface area contributed by atoms with Gasteiger partial charge in [0.2, 0.25) is 0 Å². The van der Waals surface area contributed by atoms with E-state index in [1.54, 1.807) is 0 Å². The van der Waals surface area contributed by atoms with E-state index < -0.39 is 35.6 Å². The molecule has 2 rings (SSSR count). The lowest BCUT2D eigenvalue weighted by atomic mass is 10.2. The Morgan fingerprint density at radius 2 is 1.95 bits per heavy atom. The lowest BCUT2D eigenvalue weighted by molar-refractivity contribution is -0.142. The van der Waals surface area contributed by atoms with Crippen molar-refractivity contribution in [3.8, 4) is 5.75 Å². The van der Waals surface area contributed by atoms with Crippen molar-refractivity contribution >= 4 is 5.97 Å². The fourth-order valence-electron chi connectivity index (χ4n) is 1.89. The summed E-state index contributed by atoms with van der Waals surface area (Å²) in [6, 6.07) is 0.532. The van der Waals surface area contributed by atoms with Crippen LogP contribution in [0.4, 0.5) is 13.2 Å². The van der Waals surface area contributed by atoms with Crippen molar-refractivity contribution in [3.63, 3.8) is 0 Å². The highest BCUT2D eigenvalue weighted by Gasteiger charge is 2.32. The smallest absolute Gasteiger partial charge is 0.323 e. The van der Waals surface area contributed by atoms with E-state index in [0.29, 0.717) is 12.1 Å². The third kappa shape index (κ3) is 2.98. The Morgan fingerprint density at radius 3 is 2.63 bits per heavy atom. The Hall–Kier alpha value is -1.76. The van der Waals surface area contributed by atoms with Crippen LogP contribution in [0, 0.1) is 17.5 Å². The number of halogens is 3. The predicted molar refractivity (Wildman–Crippen MR) is 59.2 cm³/mol. The molecule has 1 aliphatic rings. The van der Waals surface area contributed by atoms with E-state index in [1.807, 2.05) is 0 Å². The summed E-state index contributed by atoms with van der Waals surface area (Å²) in [5.41, 5.74) is 0. The van der Waals surface area contributed by atoms with E-state index in [-0.39, 0.29) is 18.7 Å². The maximum atomic E-state index is 13.4. The minimum atomic E-state index is -1.28. The van der Waals surface area contributed by atoms with E-state index in [0.717, 1.165) is 0 Å². The number of benzene rings is 1. The van der Waals surface area contributed by atoms with Crippen LogP contribution in [0.2, 0.25) is 0 Å². The first-order valence-corrected chi connectivity index (χ1v) is 5.63. The van der Waals surface area contributed by atoms with E-state index in [4.69, 9.17) is 4.74 Å². The second kappa shape index (κ2) is 5.48. The van der Waals surface area contributed by atoms with Gasteiger partial charge in [-0.25, -0.2) is 13.2 Å². The number of nitrogens with one attached hydrogen (secondary N) is 1. The van der Waals surface area contributed by atoms with Crippen molar-refractivity contribution in [3.05, 3.63) is 29.6 Å². The van der Waals surface area contributed by atoms with Crippen LogP contribution in [0.5, 0.6) is 5.75 Å². The molecule has 4 nitrogen and oxygen atoms in total. The lowest BCUT2D eigenvalue weighted by Gasteiger charge is -2.13. The number of hydrogen-bond acceptors (Lipinski definition) is 4. The van der Waals surface area contributed by atoms with Gasteiger partial charge in [0.05, 0.1) is 7.11 Å². The van der Waals surface area contributed by atoms with Crippen LogP contribution in [-0.2, 0) is 9.53 Å². The van der Waals surface area contributed by atoms with Gasteiger partial charge in [-0.2, -0.15) is 0 Å². The Kier molecular flexibility index (Phi) is 3.94. The van der Waals surface area contributed by atoms with Crippen molar-refractivity contribution in [2.45, 2.75) is 18.6 Å². The number of methoxy groups -OCH3 is 1. The zero-order valence-electron chi connectivity index (χ0n) is 10.1. The zero-order valence-corrected chi connectivity index (χ0v) is 10.1. The average Bonchev–Trinajstić information content (AvgIpc) is 2.83. The SMILES string of the molecule is COC(=O)[C@@H]1C[C@@H](Oc2cc(F)c(F)cc2F)CN1. The number of carbonyl (C=O) groups excluding carboxylic acids is 1. The second-order valence-electron chi connectivity index (χ2n) is 4.16. The molecule has 0 radical (unpaired) electrons. The first-order chi connectivity index (χ1) is 9.01. The summed E-state index contributed by atoms with van der Waals surface area (Å²) in [5, 5.41) is 2.83. The lowest BCUT2D eigenvalue weighted by Crippen LogP contribution is -2.31. The van der Waals surface area contributed by atoms with Gasteiger partial charge in [0.1, 0.15) is 12.1 Å². The molecule has 1 N–H and O–H groups in total. The van der Waals surface area contributed by atoms with Crippen molar-refractivity contribution in [1.29, 1.82) is 0 Å². The Morgan fingerprint density at radius 1 is 1.26 bits per heavy atom. The molecule has 7 heteroatoms. The number of esters is 1. The summed E-state index contributed by atoms with van der Waals surface area (Å²) in [4.78, 5) is 11.3. The summed E-state index contributed by atoms with van der Waals surface area (Å²) in [5.74, 6) is -4.28. The molecule has 0 spiro atoms. The van der Waals surface area contributed by atoms with E-state index in [1.165, 1.54) is 7.11 Å². The molecule has 1 fully saturated rings. The fraction of sp³-hybridized carbons (Fsp3) is 0.417. The van der Waals surface area contributed by atoms with Crippen molar-refractivity contribution in [1.82, 2.24) is 5.32 Å². The maximum Gasteiger partial charge on any atom is 0.323 e. The van der Waals surface area contributed by atoms with Crippen LogP contribution >= 0.6 is 0 Å². The topological polar surface area (TPSA) is 47.6 Å². The van der Waals surface area contributed by atoms with Crippen LogP contribution in [0.3, 0.4) is 0 Å². The molecule has 1 aromatic carbocycles. The summed E-state index contributed by atoms with van der Waals surface area (Å²) < 4.78 is 48.9. The molecular weight excluding hydrogens is 263 g/mol. The fourth-order valence-corrected chi connectivity index (χ4v) is 1.89. The molecule has 0 saturated carbocycles. The highest BCUT2D eigenvalue weighted by molar-refractivity contribution is 5.76. The van der Waals surface area contributed by atoms with E-state index in [2.05, 4.69) is 10.1 Å². The van der Waals surface area contributed by atoms with Crippen molar-refractivity contribution < 1.29 is 27.4 Å². The molecule has 19 heavy (non-hydrogen) atoms. The number of hydrogen-bond donors (Lipinski definition) is 1. The van der Waals surface area contributed by atoms with Crippen LogP contribution in [0.15, 0.2) is 12.1 Å². The highest BCUT2D eigenvalue weighted by atomic mass is 19.2. The summed E-state index contributed by atoms with van der Waals surface area (Å²) in [6.07, 6.45) is -0.242. The van der Waals surface area contributed by atoms with Gasteiger partial charge < -0.3 is 14.8 Å². The van der Waals surface area contributed by atoms with Crippen LogP contribution in [0.1, 0.15) is 6.42 Å². The van der Waals surface area contributed by atoms with E-state index in [9.17, 15) is 18.0 Å². The second-order valence-corrected chi connectivity index (χ2v) is 4.16. The van der Waals surface area contributed by atoms with Crippen molar-refractivity contribution in [2.75, 3.05) is 13.7 Å². The van der Waals surface area contributed by atoms with Gasteiger partial charge in [-0.15, -0.1) is 0 Å². The normalized spacial score (nSPS) is 22.3. The van der Waals surface area contributed by atoms with Crippen LogP contribution in [0.25, 0.3) is 0 Å². The summed E-state index contributed by atoms with van der Waals surface area (Å²) in [6.45, 7) is 0.290. The zero-order chi connectivity index (χ0) is 14.0. The quantitative estimate of drug-likeness (QED) is 0.669. The maximum absolute atomic E-state index is 13.4. The molecule has 0 aliphatic carbocycles. The third-order valence-corrected chi connectivity index (χ3v) is 2.84. The van der Waals surface area contributed by atoms with Crippen LogP contribution in [-0.4, -0.2) is 31.8 Å². The molecule has 0 amide bonds. The number of ether oxygens (including phenoxy) is 2. The molecule has 0 bridgehead atoms. The molecule has 1 heterocycles. The molecule has 1 aromatic rings. The highest BCUT2D eigenvalue weighted by Crippen LogP contribution is 2.24. The first-order valence-electron chi connectivity index (χ1n) is 5.63. The molecule has 2 atom stereocenters. The Balaban J connectivity index is 2.03. The summed E-state index contributed by atoms with van der Waals surface area (Å²) in [7, 11) is 1.26. The van der Waals surface area contributed by atoms with Gasteiger partial charge in [0.25, 0.3) is 0 Å².